The van der Waals surface area contributed by atoms with Crippen LogP contribution in [0.1, 0.15) is 5.56 Å². The molecule has 0 saturated heterocycles. The van der Waals surface area contributed by atoms with Crippen molar-refractivity contribution >= 4 is 33.1 Å². The van der Waals surface area contributed by atoms with E-state index < -0.39 is 11.0 Å². The van der Waals surface area contributed by atoms with Crippen molar-refractivity contribution in [2.24, 2.45) is 0 Å². The maximum absolute atomic E-state index is 12.2. The summed E-state index contributed by atoms with van der Waals surface area (Å²) in [6.45, 7) is 0.553. The van der Waals surface area contributed by atoms with Gasteiger partial charge in [-0.1, -0.05) is 6.07 Å². The molecule has 0 bridgehead atoms. The first-order valence-electron chi connectivity index (χ1n) is 7.43. The maximum atomic E-state index is 12.2. The van der Waals surface area contributed by atoms with Crippen molar-refractivity contribution in [2.45, 2.75) is 11.4 Å². The van der Waals surface area contributed by atoms with Crippen LogP contribution >= 0.6 is 11.3 Å². The molecule has 0 radical (unpaired) electrons. The molecule has 0 aliphatic rings. The zero-order chi connectivity index (χ0) is 17.6. The highest BCUT2D eigenvalue weighted by molar-refractivity contribution is 7.86. The average molecular weight is 375 g/mol. The monoisotopic (exact) mass is 375 g/mol. The zero-order valence-corrected chi connectivity index (χ0v) is 15.1. The van der Waals surface area contributed by atoms with Crippen molar-refractivity contribution in [1.29, 1.82) is 0 Å². The second kappa shape index (κ2) is 8.00. The number of nitrogens with one attached hydrogen (secondary N) is 2. The van der Waals surface area contributed by atoms with E-state index in [1.54, 1.807) is 30.5 Å². The number of ether oxygens (including phenoxy) is 1. The van der Waals surface area contributed by atoms with Crippen LogP contribution in [0, 0.1) is 0 Å². The van der Waals surface area contributed by atoms with Crippen LogP contribution in [0.25, 0.3) is 0 Å². The first-order valence-corrected chi connectivity index (χ1v) is 9.46. The smallest absolute Gasteiger partial charge is 0.194 e. The first-order chi connectivity index (χ1) is 12.2. The van der Waals surface area contributed by atoms with Crippen LogP contribution in [-0.2, 0) is 17.5 Å². The number of benzene rings is 2. The fourth-order valence-electron chi connectivity index (χ4n) is 2.16. The van der Waals surface area contributed by atoms with Gasteiger partial charge in [0.05, 0.1) is 12.0 Å². The van der Waals surface area contributed by atoms with Crippen molar-refractivity contribution in [1.82, 2.24) is 4.98 Å². The summed E-state index contributed by atoms with van der Waals surface area (Å²) >= 11 is 1.40. The molecular weight excluding hydrogens is 358 g/mol. The van der Waals surface area contributed by atoms with Crippen molar-refractivity contribution in [3.63, 3.8) is 0 Å². The topological polar surface area (TPSA) is 83.5 Å². The molecule has 1 unspecified atom stereocenters. The predicted molar refractivity (Wildman–Crippen MR) is 101 cm³/mol. The van der Waals surface area contributed by atoms with Gasteiger partial charge in [-0.3, -0.25) is 4.72 Å². The number of phenols is 1. The van der Waals surface area contributed by atoms with E-state index >= 15 is 0 Å². The summed E-state index contributed by atoms with van der Waals surface area (Å²) < 4.78 is 20.1. The molecule has 0 amide bonds. The molecule has 6 nitrogen and oxygen atoms in total. The highest BCUT2D eigenvalue weighted by atomic mass is 32.2. The van der Waals surface area contributed by atoms with Gasteiger partial charge in [-0.2, -0.15) is 0 Å². The van der Waals surface area contributed by atoms with Crippen LogP contribution < -0.4 is 14.8 Å². The predicted octanol–water partition coefficient (Wildman–Crippen LogP) is 3.60. The van der Waals surface area contributed by atoms with Gasteiger partial charge in [0.2, 0.25) is 0 Å². The van der Waals surface area contributed by atoms with Crippen LogP contribution in [0.3, 0.4) is 0 Å². The largest absolute Gasteiger partial charge is 0.504 e. The van der Waals surface area contributed by atoms with Crippen molar-refractivity contribution in [2.75, 3.05) is 17.1 Å². The van der Waals surface area contributed by atoms with Gasteiger partial charge in [0.15, 0.2) is 27.6 Å². The number of hydrogen-bond donors (Lipinski definition) is 3. The molecule has 25 heavy (non-hydrogen) atoms. The van der Waals surface area contributed by atoms with Crippen LogP contribution in [0.5, 0.6) is 11.5 Å². The van der Waals surface area contributed by atoms with Crippen LogP contribution in [-0.4, -0.2) is 21.4 Å². The SMILES string of the molecule is COc1ccc(CNc2ccc(S(=O)Nc3nccs3)cc2)cc1O. The summed E-state index contributed by atoms with van der Waals surface area (Å²) in [7, 11) is 0.171. The molecule has 1 heterocycles. The third-order valence-corrected chi connectivity index (χ3v) is 5.32. The molecule has 0 aliphatic carbocycles. The summed E-state index contributed by atoms with van der Waals surface area (Å²) in [6, 6.07) is 12.6. The molecule has 3 N–H and O–H groups in total. The molecule has 0 aliphatic heterocycles. The fourth-order valence-corrected chi connectivity index (χ4v) is 3.66. The van der Waals surface area contributed by atoms with Gasteiger partial charge < -0.3 is 15.2 Å². The van der Waals surface area contributed by atoms with Crippen molar-refractivity contribution in [3.05, 3.63) is 59.6 Å². The summed E-state index contributed by atoms with van der Waals surface area (Å²) in [5.74, 6) is 0.559. The number of methoxy groups -OCH3 is 1. The number of rotatable bonds is 7. The Hall–Kier alpha value is -2.58. The third-order valence-electron chi connectivity index (χ3n) is 3.42. The normalized spacial score (nSPS) is 11.7. The minimum Gasteiger partial charge on any atom is -0.504 e. The molecule has 1 atom stereocenters. The average Bonchev–Trinajstić information content (AvgIpc) is 3.13. The zero-order valence-electron chi connectivity index (χ0n) is 13.4. The lowest BCUT2D eigenvalue weighted by atomic mass is 10.2. The highest BCUT2D eigenvalue weighted by Gasteiger charge is 2.06. The molecule has 130 valence electrons. The number of anilines is 2. The Kier molecular flexibility index (Phi) is 5.52. The van der Waals surface area contributed by atoms with Crippen molar-refractivity contribution in [3.8, 4) is 11.5 Å². The Morgan fingerprint density at radius 2 is 2.04 bits per heavy atom. The summed E-state index contributed by atoms with van der Waals surface area (Å²) in [6.07, 6.45) is 1.66. The van der Waals surface area contributed by atoms with E-state index in [0.717, 1.165) is 11.3 Å². The Bertz CT molecular complexity index is 852. The van der Waals surface area contributed by atoms with E-state index in [-0.39, 0.29) is 5.75 Å². The fraction of sp³-hybridized carbons (Fsp3) is 0.118. The molecular formula is C17H17N3O3S2. The van der Waals surface area contributed by atoms with Gasteiger partial charge in [-0.05, 0) is 42.0 Å². The lowest BCUT2D eigenvalue weighted by Gasteiger charge is -2.09. The molecule has 0 saturated carbocycles. The Balaban J connectivity index is 1.59. The second-order valence-electron chi connectivity index (χ2n) is 5.09. The molecule has 8 heteroatoms. The van der Waals surface area contributed by atoms with E-state index in [9.17, 15) is 9.32 Å². The molecule has 3 rings (SSSR count). The maximum Gasteiger partial charge on any atom is 0.194 e. The van der Waals surface area contributed by atoms with E-state index in [1.165, 1.54) is 18.4 Å². The lowest BCUT2D eigenvalue weighted by Crippen LogP contribution is -2.05. The van der Waals surface area contributed by atoms with Gasteiger partial charge in [0.1, 0.15) is 0 Å². The standard InChI is InChI=1S/C17H17N3O3S2/c1-23-16-7-2-12(10-15(16)21)11-19-13-3-5-14(6-4-13)25(22)20-17-18-8-9-24-17/h2-10,19,21H,11H2,1H3,(H,18,20). The lowest BCUT2D eigenvalue weighted by molar-refractivity contribution is 0.373. The van der Waals surface area contributed by atoms with Crippen LogP contribution in [0.4, 0.5) is 10.8 Å². The van der Waals surface area contributed by atoms with E-state index in [2.05, 4.69) is 15.0 Å². The molecule has 0 fully saturated rings. The molecule has 1 aromatic heterocycles. The van der Waals surface area contributed by atoms with Crippen LogP contribution in [0.2, 0.25) is 0 Å². The van der Waals surface area contributed by atoms with E-state index in [4.69, 9.17) is 4.74 Å². The number of aromatic nitrogens is 1. The molecule has 3 aromatic rings. The molecule has 2 aromatic carbocycles. The number of hydrogen-bond acceptors (Lipinski definition) is 6. The minimum absolute atomic E-state index is 0.112. The highest BCUT2D eigenvalue weighted by Crippen LogP contribution is 2.26. The van der Waals surface area contributed by atoms with Crippen LogP contribution in [0.15, 0.2) is 58.9 Å². The quantitative estimate of drug-likeness (QED) is 0.588. The van der Waals surface area contributed by atoms with Gasteiger partial charge in [-0.25, -0.2) is 9.19 Å². The number of aromatic hydroxyl groups is 1. The Labute approximate surface area is 152 Å². The van der Waals surface area contributed by atoms with Gasteiger partial charge in [-0.15, -0.1) is 11.3 Å². The summed E-state index contributed by atoms with van der Waals surface area (Å²) in [5, 5.41) is 15.5. The van der Waals surface area contributed by atoms with E-state index in [1.807, 2.05) is 23.6 Å². The van der Waals surface area contributed by atoms with Gasteiger partial charge in [0, 0.05) is 23.8 Å². The third kappa shape index (κ3) is 4.49. The summed E-state index contributed by atoms with van der Waals surface area (Å²) in [4.78, 5) is 4.72. The minimum atomic E-state index is -1.34. The van der Waals surface area contributed by atoms with Gasteiger partial charge >= 0.3 is 0 Å². The first kappa shape index (κ1) is 17.2. The Morgan fingerprint density at radius 3 is 2.68 bits per heavy atom. The second-order valence-corrected chi connectivity index (χ2v) is 7.20. The van der Waals surface area contributed by atoms with E-state index in [0.29, 0.717) is 22.3 Å². The van der Waals surface area contributed by atoms with Gasteiger partial charge in [0.25, 0.3) is 0 Å². The number of phenolic OH excluding ortho intramolecular Hbond substituents is 1. The Morgan fingerprint density at radius 1 is 1.24 bits per heavy atom. The number of thiazole rings is 1. The van der Waals surface area contributed by atoms with Crippen molar-refractivity contribution < 1.29 is 14.1 Å². The molecule has 0 spiro atoms. The number of nitrogens with zero attached hydrogens (tertiary/aromatic N) is 1. The summed E-state index contributed by atoms with van der Waals surface area (Å²) in [5.41, 5.74) is 1.82.